The zero-order chi connectivity index (χ0) is 15.6. The molecule has 0 saturated carbocycles. The number of halogens is 3. The number of aromatic nitrogens is 1. The van der Waals surface area contributed by atoms with Crippen LogP contribution in [0.1, 0.15) is 0 Å². The zero-order valence-electron chi connectivity index (χ0n) is 10.7. The van der Waals surface area contributed by atoms with Gasteiger partial charge in [0.25, 0.3) is 10.0 Å². The molecule has 0 radical (unpaired) electrons. The van der Waals surface area contributed by atoms with Crippen LogP contribution in [-0.2, 0) is 10.0 Å². The Hall–Kier alpha value is -1.57. The maximum atomic E-state index is 13.2. The maximum absolute atomic E-state index is 13.2. The van der Waals surface area contributed by atoms with Crippen molar-refractivity contribution in [1.82, 2.24) is 4.98 Å². The molecule has 0 atom stereocenters. The van der Waals surface area contributed by atoms with Gasteiger partial charge in [-0.15, -0.1) is 0 Å². The Labute approximate surface area is 131 Å². The van der Waals surface area contributed by atoms with Crippen molar-refractivity contribution >= 4 is 44.7 Å². The minimum absolute atomic E-state index is 0.00816. The first-order chi connectivity index (χ1) is 9.81. The molecule has 0 spiro atoms. The standard InChI is InChI=1S/C12H10Cl2FN3O2S/c1-16-12-11(14)5-10(6-17-12)21(19,20)18-9-3-7(13)2-8(15)4-9/h2-6,18H,1H3,(H,16,17). The molecule has 2 rings (SSSR count). The van der Waals surface area contributed by atoms with Crippen LogP contribution in [0.25, 0.3) is 0 Å². The first-order valence-corrected chi connectivity index (χ1v) is 7.88. The summed E-state index contributed by atoms with van der Waals surface area (Å²) < 4.78 is 39.8. The highest BCUT2D eigenvalue weighted by molar-refractivity contribution is 7.92. The fourth-order valence-electron chi connectivity index (χ4n) is 1.58. The second kappa shape index (κ2) is 6.05. The highest BCUT2D eigenvalue weighted by Gasteiger charge is 2.17. The summed E-state index contributed by atoms with van der Waals surface area (Å²) >= 11 is 11.6. The van der Waals surface area contributed by atoms with Crippen LogP contribution in [0, 0.1) is 5.82 Å². The van der Waals surface area contributed by atoms with Gasteiger partial charge in [-0.2, -0.15) is 0 Å². The monoisotopic (exact) mass is 349 g/mol. The summed E-state index contributed by atoms with van der Waals surface area (Å²) in [5, 5.41) is 2.94. The van der Waals surface area contributed by atoms with Crippen LogP contribution in [-0.4, -0.2) is 20.4 Å². The highest BCUT2D eigenvalue weighted by Crippen LogP contribution is 2.25. The summed E-state index contributed by atoms with van der Waals surface area (Å²) in [4.78, 5) is 3.73. The van der Waals surface area contributed by atoms with Crippen molar-refractivity contribution in [3.63, 3.8) is 0 Å². The fraction of sp³-hybridized carbons (Fsp3) is 0.0833. The summed E-state index contributed by atoms with van der Waals surface area (Å²) in [6, 6.07) is 4.61. The van der Waals surface area contributed by atoms with Gasteiger partial charge in [-0.05, 0) is 24.3 Å². The number of rotatable bonds is 4. The van der Waals surface area contributed by atoms with Crippen molar-refractivity contribution in [2.24, 2.45) is 0 Å². The second-order valence-electron chi connectivity index (χ2n) is 4.02. The Morgan fingerprint density at radius 2 is 1.90 bits per heavy atom. The van der Waals surface area contributed by atoms with Gasteiger partial charge in [-0.25, -0.2) is 17.8 Å². The molecular formula is C12H10Cl2FN3O2S. The Morgan fingerprint density at radius 1 is 1.19 bits per heavy atom. The van der Waals surface area contributed by atoms with E-state index in [2.05, 4.69) is 15.0 Å². The Kier molecular flexibility index (Phi) is 4.55. The molecule has 2 N–H and O–H groups in total. The SMILES string of the molecule is CNc1ncc(S(=O)(=O)Nc2cc(F)cc(Cl)c2)cc1Cl. The third kappa shape index (κ3) is 3.75. The van der Waals surface area contributed by atoms with Crippen molar-refractivity contribution in [1.29, 1.82) is 0 Å². The molecule has 2 aromatic rings. The number of sulfonamides is 1. The van der Waals surface area contributed by atoms with Gasteiger partial charge < -0.3 is 5.32 Å². The molecule has 5 nitrogen and oxygen atoms in total. The summed E-state index contributed by atoms with van der Waals surface area (Å²) in [5.74, 6) is -0.300. The predicted molar refractivity (Wildman–Crippen MR) is 81.0 cm³/mol. The zero-order valence-corrected chi connectivity index (χ0v) is 13.0. The lowest BCUT2D eigenvalue weighted by Gasteiger charge is -2.10. The molecule has 0 fully saturated rings. The molecule has 0 aliphatic rings. The highest BCUT2D eigenvalue weighted by atomic mass is 35.5. The molecule has 1 aromatic heterocycles. The molecule has 0 saturated heterocycles. The molecule has 21 heavy (non-hydrogen) atoms. The van der Waals surface area contributed by atoms with Crippen LogP contribution in [0.15, 0.2) is 35.4 Å². The third-order valence-corrected chi connectivity index (χ3v) is 4.33. The van der Waals surface area contributed by atoms with Crippen LogP contribution < -0.4 is 10.0 Å². The van der Waals surface area contributed by atoms with Crippen LogP contribution in [0.4, 0.5) is 15.9 Å². The molecule has 0 aliphatic carbocycles. The lowest BCUT2D eigenvalue weighted by atomic mass is 10.3. The van der Waals surface area contributed by atoms with E-state index < -0.39 is 15.8 Å². The van der Waals surface area contributed by atoms with Crippen LogP contribution in [0.2, 0.25) is 10.0 Å². The Balaban J connectivity index is 2.36. The topological polar surface area (TPSA) is 71.1 Å². The van der Waals surface area contributed by atoms with Crippen LogP contribution in [0.5, 0.6) is 0 Å². The molecule has 9 heteroatoms. The number of pyridine rings is 1. The number of nitrogens with one attached hydrogen (secondary N) is 2. The summed E-state index contributed by atoms with van der Waals surface area (Å²) in [7, 11) is -2.34. The van der Waals surface area contributed by atoms with Gasteiger partial charge in [0.2, 0.25) is 0 Å². The van der Waals surface area contributed by atoms with Crippen LogP contribution in [0.3, 0.4) is 0 Å². The molecular weight excluding hydrogens is 340 g/mol. The number of anilines is 2. The van der Waals surface area contributed by atoms with Crippen molar-refractivity contribution in [3.8, 4) is 0 Å². The number of nitrogens with zero attached hydrogens (tertiary/aromatic N) is 1. The van der Waals surface area contributed by atoms with Crippen molar-refractivity contribution in [3.05, 3.63) is 46.3 Å². The van der Waals surface area contributed by atoms with E-state index in [4.69, 9.17) is 23.2 Å². The average Bonchev–Trinajstić information content (AvgIpc) is 2.36. The van der Waals surface area contributed by atoms with Crippen LogP contribution >= 0.6 is 23.2 Å². The number of hydrogen-bond acceptors (Lipinski definition) is 4. The van der Waals surface area contributed by atoms with E-state index in [0.29, 0.717) is 5.82 Å². The van der Waals surface area contributed by atoms with E-state index in [1.807, 2.05) is 0 Å². The van der Waals surface area contributed by atoms with Gasteiger partial charge in [-0.1, -0.05) is 23.2 Å². The largest absolute Gasteiger partial charge is 0.372 e. The first kappa shape index (κ1) is 15.8. The molecule has 112 valence electrons. The molecule has 0 bridgehead atoms. The quantitative estimate of drug-likeness (QED) is 0.887. The van der Waals surface area contributed by atoms with E-state index >= 15 is 0 Å². The summed E-state index contributed by atoms with van der Waals surface area (Å²) in [6.07, 6.45) is 1.14. The van der Waals surface area contributed by atoms with Gasteiger partial charge >= 0.3 is 0 Å². The number of hydrogen-bond donors (Lipinski definition) is 2. The second-order valence-corrected chi connectivity index (χ2v) is 6.54. The smallest absolute Gasteiger partial charge is 0.263 e. The van der Waals surface area contributed by atoms with Crippen molar-refractivity contribution < 1.29 is 12.8 Å². The van der Waals surface area contributed by atoms with Gasteiger partial charge in [0.1, 0.15) is 16.5 Å². The summed E-state index contributed by atoms with van der Waals surface area (Å²) in [6.45, 7) is 0. The Morgan fingerprint density at radius 3 is 2.48 bits per heavy atom. The fourth-order valence-corrected chi connectivity index (χ4v) is 3.14. The summed E-state index contributed by atoms with van der Waals surface area (Å²) in [5.41, 5.74) is 0.00816. The van der Waals surface area contributed by atoms with Gasteiger partial charge in [0, 0.05) is 18.3 Å². The van der Waals surface area contributed by atoms with E-state index in [-0.39, 0.29) is 20.6 Å². The minimum atomic E-state index is -3.94. The molecule has 0 unspecified atom stereocenters. The molecule has 1 aromatic carbocycles. The number of benzene rings is 1. The van der Waals surface area contributed by atoms with Crippen molar-refractivity contribution in [2.45, 2.75) is 4.90 Å². The normalized spacial score (nSPS) is 11.2. The first-order valence-electron chi connectivity index (χ1n) is 5.64. The van der Waals surface area contributed by atoms with Gasteiger partial charge in [-0.3, -0.25) is 4.72 Å². The Bertz CT molecular complexity index is 764. The van der Waals surface area contributed by atoms with Gasteiger partial charge in [0.15, 0.2) is 0 Å². The van der Waals surface area contributed by atoms with E-state index in [1.165, 1.54) is 12.1 Å². The van der Waals surface area contributed by atoms with E-state index in [9.17, 15) is 12.8 Å². The minimum Gasteiger partial charge on any atom is -0.372 e. The average molecular weight is 350 g/mol. The van der Waals surface area contributed by atoms with E-state index in [0.717, 1.165) is 18.3 Å². The lowest BCUT2D eigenvalue weighted by Crippen LogP contribution is -2.13. The third-order valence-electron chi connectivity index (χ3n) is 2.48. The van der Waals surface area contributed by atoms with Crippen molar-refractivity contribution in [2.75, 3.05) is 17.1 Å². The lowest BCUT2D eigenvalue weighted by molar-refractivity contribution is 0.600. The van der Waals surface area contributed by atoms with Gasteiger partial charge in [0.05, 0.1) is 10.7 Å². The predicted octanol–water partition coefficient (Wildman–Crippen LogP) is 3.37. The molecule has 1 heterocycles. The molecule has 0 amide bonds. The molecule has 0 aliphatic heterocycles. The maximum Gasteiger partial charge on any atom is 0.263 e. The van der Waals surface area contributed by atoms with E-state index in [1.54, 1.807) is 7.05 Å².